The third-order valence-electron chi connectivity index (χ3n) is 4.45. The van der Waals surface area contributed by atoms with Gasteiger partial charge in [0.25, 0.3) is 0 Å². The maximum Gasteiger partial charge on any atom is 0.0781 e. The molecular weight excluding hydrogens is 305 g/mol. The third kappa shape index (κ3) is 2.59. The van der Waals surface area contributed by atoms with E-state index in [9.17, 15) is 0 Å². The summed E-state index contributed by atoms with van der Waals surface area (Å²) in [5, 5.41) is 0. The Morgan fingerprint density at radius 2 is 1.62 bits per heavy atom. The number of aromatic nitrogens is 1. The van der Waals surface area contributed by atoms with Crippen molar-refractivity contribution in [2.75, 3.05) is 33.2 Å². The number of halogens is 2. The van der Waals surface area contributed by atoms with Crippen LogP contribution in [0.2, 0.25) is 0 Å². The molecule has 0 N–H and O–H groups in total. The molecule has 2 aromatic rings. The van der Waals surface area contributed by atoms with Gasteiger partial charge in [0.1, 0.15) is 0 Å². The lowest BCUT2D eigenvalue weighted by Crippen LogP contribution is -2.45. The first kappa shape index (κ1) is 16.4. The van der Waals surface area contributed by atoms with Crippen LogP contribution in [-0.2, 0) is 0 Å². The van der Waals surface area contributed by atoms with Crippen molar-refractivity contribution in [3.05, 3.63) is 53.9 Å². The molecule has 2 aliphatic rings. The fraction of sp³-hybridized carbons (Fsp3) is 0.375. The SMILES string of the molecule is CN1CCN(C2c3ccccc3-n3cccc32)CC1.Cl.Cl. The highest BCUT2D eigenvalue weighted by molar-refractivity contribution is 5.85. The highest BCUT2D eigenvalue weighted by Gasteiger charge is 2.33. The van der Waals surface area contributed by atoms with Crippen LogP contribution in [0.4, 0.5) is 0 Å². The summed E-state index contributed by atoms with van der Waals surface area (Å²) in [5.74, 6) is 0. The Balaban J connectivity index is 0.000000807. The van der Waals surface area contributed by atoms with Crippen LogP contribution >= 0.6 is 24.8 Å². The van der Waals surface area contributed by atoms with Crippen LogP contribution in [0.25, 0.3) is 5.69 Å². The van der Waals surface area contributed by atoms with Gasteiger partial charge in [-0.05, 0) is 30.8 Å². The Morgan fingerprint density at radius 3 is 2.38 bits per heavy atom. The van der Waals surface area contributed by atoms with E-state index in [1.807, 2.05) is 0 Å². The smallest absolute Gasteiger partial charge is 0.0781 e. The molecule has 0 amide bonds. The summed E-state index contributed by atoms with van der Waals surface area (Å²) in [4.78, 5) is 5.04. The number of rotatable bonds is 1. The molecule has 5 heteroatoms. The average Bonchev–Trinajstić information content (AvgIpc) is 3.00. The van der Waals surface area contributed by atoms with E-state index in [4.69, 9.17) is 0 Å². The van der Waals surface area contributed by atoms with Crippen molar-refractivity contribution < 1.29 is 0 Å². The molecule has 2 aliphatic heterocycles. The van der Waals surface area contributed by atoms with Crippen LogP contribution < -0.4 is 0 Å². The maximum atomic E-state index is 2.62. The van der Waals surface area contributed by atoms with Gasteiger partial charge in [-0.3, -0.25) is 4.90 Å². The monoisotopic (exact) mass is 325 g/mol. The molecule has 114 valence electrons. The molecule has 4 rings (SSSR count). The Morgan fingerprint density at radius 1 is 0.905 bits per heavy atom. The van der Waals surface area contributed by atoms with Crippen molar-refractivity contribution in [1.29, 1.82) is 0 Å². The minimum Gasteiger partial charge on any atom is -0.319 e. The quantitative estimate of drug-likeness (QED) is 0.798. The van der Waals surface area contributed by atoms with Crippen LogP contribution in [0.1, 0.15) is 17.3 Å². The lowest BCUT2D eigenvalue weighted by atomic mass is 10.0. The Hall–Kier alpha value is -1.000. The predicted molar refractivity (Wildman–Crippen MR) is 91.2 cm³/mol. The van der Waals surface area contributed by atoms with Gasteiger partial charge < -0.3 is 9.47 Å². The van der Waals surface area contributed by atoms with E-state index in [0.29, 0.717) is 6.04 Å². The van der Waals surface area contributed by atoms with Gasteiger partial charge in [-0.15, -0.1) is 24.8 Å². The van der Waals surface area contributed by atoms with Crippen molar-refractivity contribution in [1.82, 2.24) is 14.4 Å². The highest BCUT2D eigenvalue weighted by Crippen LogP contribution is 2.40. The number of nitrogens with zero attached hydrogens (tertiary/aromatic N) is 3. The van der Waals surface area contributed by atoms with Crippen molar-refractivity contribution in [3.8, 4) is 5.69 Å². The van der Waals surface area contributed by atoms with Gasteiger partial charge in [-0.25, -0.2) is 0 Å². The van der Waals surface area contributed by atoms with Crippen LogP contribution in [0.15, 0.2) is 42.6 Å². The molecule has 0 spiro atoms. The molecule has 21 heavy (non-hydrogen) atoms. The zero-order valence-corrected chi connectivity index (χ0v) is 13.7. The largest absolute Gasteiger partial charge is 0.319 e. The summed E-state index contributed by atoms with van der Waals surface area (Å²) in [6.45, 7) is 4.64. The standard InChI is InChI=1S/C16H19N3.2ClH/c1-17-9-11-18(12-10-17)16-13-5-2-3-6-14(13)19-8-4-7-15(16)19;;/h2-8,16H,9-12H2,1H3;2*1H. The summed E-state index contributed by atoms with van der Waals surface area (Å²) in [6.07, 6.45) is 2.18. The minimum absolute atomic E-state index is 0. The third-order valence-corrected chi connectivity index (χ3v) is 4.45. The van der Waals surface area contributed by atoms with Gasteiger partial charge in [0.05, 0.1) is 11.7 Å². The van der Waals surface area contributed by atoms with Crippen molar-refractivity contribution >= 4 is 24.8 Å². The van der Waals surface area contributed by atoms with E-state index < -0.39 is 0 Å². The number of benzene rings is 1. The van der Waals surface area contributed by atoms with E-state index in [2.05, 4.69) is 64.0 Å². The van der Waals surface area contributed by atoms with Crippen LogP contribution in [0.5, 0.6) is 0 Å². The number of likely N-dealkylation sites (N-methyl/N-ethyl adjacent to an activating group) is 1. The number of hydrogen-bond donors (Lipinski definition) is 0. The summed E-state index contributed by atoms with van der Waals surface area (Å²) in [7, 11) is 2.21. The molecule has 1 aromatic carbocycles. The van der Waals surface area contributed by atoms with E-state index in [0.717, 1.165) is 13.1 Å². The molecule has 1 saturated heterocycles. The molecule has 0 radical (unpaired) electrons. The van der Waals surface area contributed by atoms with Crippen molar-refractivity contribution in [2.24, 2.45) is 0 Å². The zero-order chi connectivity index (χ0) is 12.8. The number of hydrogen-bond acceptors (Lipinski definition) is 2. The van der Waals surface area contributed by atoms with Gasteiger partial charge in [-0.1, -0.05) is 18.2 Å². The van der Waals surface area contributed by atoms with Crippen LogP contribution in [0, 0.1) is 0 Å². The Bertz CT molecular complexity index is 603. The summed E-state index contributed by atoms with van der Waals surface area (Å²) >= 11 is 0. The molecule has 1 atom stereocenters. The van der Waals surface area contributed by atoms with Gasteiger partial charge in [0.15, 0.2) is 0 Å². The second-order valence-corrected chi connectivity index (χ2v) is 5.60. The van der Waals surface area contributed by atoms with E-state index in [1.165, 1.54) is 30.0 Å². The molecule has 0 bridgehead atoms. The van der Waals surface area contributed by atoms with Crippen LogP contribution in [0.3, 0.4) is 0 Å². The Kier molecular flexibility index (Phi) is 4.99. The second kappa shape index (κ2) is 6.41. The molecule has 3 nitrogen and oxygen atoms in total. The predicted octanol–water partition coefficient (Wildman–Crippen LogP) is 2.97. The fourth-order valence-corrected chi connectivity index (χ4v) is 3.40. The van der Waals surface area contributed by atoms with Gasteiger partial charge in [0, 0.05) is 38.1 Å². The number of fused-ring (bicyclic) bond motifs is 3. The first-order valence-corrected chi connectivity index (χ1v) is 7.04. The first-order chi connectivity index (χ1) is 9.34. The van der Waals surface area contributed by atoms with Gasteiger partial charge >= 0.3 is 0 Å². The Labute approximate surface area is 138 Å². The molecule has 1 aromatic heterocycles. The normalized spacial score (nSPS) is 21.1. The van der Waals surface area contributed by atoms with E-state index >= 15 is 0 Å². The average molecular weight is 326 g/mol. The van der Waals surface area contributed by atoms with Crippen molar-refractivity contribution in [2.45, 2.75) is 6.04 Å². The molecule has 1 fully saturated rings. The minimum atomic E-state index is 0. The van der Waals surface area contributed by atoms with Crippen LogP contribution in [-0.4, -0.2) is 47.6 Å². The second-order valence-electron chi connectivity index (χ2n) is 5.60. The van der Waals surface area contributed by atoms with Crippen molar-refractivity contribution in [3.63, 3.8) is 0 Å². The zero-order valence-electron chi connectivity index (χ0n) is 12.1. The summed E-state index contributed by atoms with van der Waals surface area (Å²) in [5.41, 5.74) is 4.24. The fourth-order valence-electron chi connectivity index (χ4n) is 3.40. The molecular formula is C16H21Cl2N3. The lowest BCUT2D eigenvalue weighted by Gasteiger charge is -2.36. The lowest BCUT2D eigenvalue weighted by molar-refractivity contribution is 0.128. The highest BCUT2D eigenvalue weighted by atomic mass is 35.5. The number of piperazine rings is 1. The summed E-state index contributed by atoms with van der Waals surface area (Å²) in [6, 6.07) is 13.7. The molecule has 0 aliphatic carbocycles. The number of para-hydroxylation sites is 1. The van der Waals surface area contributed by atoms with E-state index in [-0.39, 0.29) is 24.8 Å². The molecule has 3 heterocycles. The van der Waals surface area contributed by atoms with E-state index in [1.54, 1.807) is 0 Å². The summed E-state index contributed by atoms with van der Waals surface area (Å²) < 4.78 is 2.35. The topological polar surface area (TPSA) is 11.4 Å². The first-order valence-electron chi connectivity index (χ1n) is 7.04. The molecule has 0 saturated carbocycles. The maximum absolute atomic E-state index is 2.62. The van der Waals surface area contributed by atoms with Gasteiger partial charge in [0.2, 0.25) is 0 Å². The molecule has 1 unspecified atom stereocenters. The van der Waals surface area contributed by atoms with Gasteiger partial charge in [-0.2, -0.15) is 0 Å².